The number of nitrogens with zero attached hydrogens (tertiary/aromatic N) is 4. The van der Waals surface area contributed by atoms with Gasteiger partial charge < -0.3 is 14.6 Å². The maximum absolute atomic E-state index is 12.8. The molecule has 0 radical (unpaired) electrons. The molecule has 9 nitrogen and oxygen atoms in total. The zero-order valence-electron chi connectivity index (χ0n) is 18.2. The molecule has 10 heteroatoms. The quantitative estimate of drug-likeness (QED) is 0.555. The van der Waals surface area contributed by atoms with Crippen molar-refractivity contribution in [3.05, 3.63) is 30.2 Å². The first kappa shape index (κ1) is 23.4. The minimum absolute atomic E-state index is 0.108. The highest BCUT2D eigenvalue weighted by Gasteiger charge is 2.26. The van der Waals surface area contributed by atoms with Crippen LogP contribution in [-0.2, 0) is 10.0 Å². The molecule has 3 rings (SSSR count). The predicted octanol–water partition coefficient (Wildman–Crippen LogP) is 2.37. The molecule has 0 unspecified atom stereocenters. The van der Waals surface area contributed by atoms with Crippen molar-refractivity contribution in [3.8, 4) is 11.5 Å². The average molecular weight is 450 g/mol. The number of carbonyl (C=O) groups excluding carboxylic acids is 1. The molecule has 0 saturated carbocycles. The maximum Gasteiger partial charge on any atom is 0.308 e. The number of amides is 1. The third-order valence-electron chi connectivity index (χ3n) is 5.50. The summed E-state index contributed by atoms with van der Waals surface area (Å²) in [6, 6.07) is 6.32. The fourth-order valence-corrected chi connectivity index (χ4v) is 5.09. The van der Waals surface area contributed by atoms with Crippen LogP contribution >= 0.6 is 0 Å². The van der Waals surface area contributed by atoms with Gasteiger partial charge in [-0.2, -0.15) is 4.31 Å². The number of rotatable bonds is 10. The normalized spacial score (nSPS) is 15.3. The first-order valence-corrected chi connectivity index (χ1v) is 12.3. The molecule has 1 aromatic carbocycles. The lowest BCUT2D eigenvalue weighted by atomic mass is 10.2. The Morgan fingerprint density at radius 2 is 1.77 bits per heavy atom. The van der Waals surface area contributed by atoms with E-state index in [0.29, 0.717) is 25.2 Å². The number of carbonyl (C=O) groups is 1. The standard InChI is InChI=1S/C21H31N5O4S/c1-3-25(4-2)14-8-13-22-19(27)21-24-23-20(30-21)17-9-11-18(12-10-17)31(28,29)26-15-6-5-7-16-26/h9-12H,3-8,13-16H2,1-2H3,(H,22,27). The molecule has 2 aromatic rings. The number of benzene rings is 1. The molecular weight excluding hydrogens is 418 g/mol. The summed E-state index contributed by atoms with van der Waals surface area (Å²) in [6.07, 6.45) is 3.68. The summed E-state index contributed by atoms with van der Waals surface area (Å²) in [5, 5.41) is 10.5. The monoisotopic (exact) mass is 449 g/mol. The highest BCUT2D eigenvalue weighted by molar-refractivity contribution is 7.89. The zero-order chi connectivity index (χ0) is 22.3. The second kappa shape index (κ2) is 10.8. The fourth-order valence-electron chi connectivity index (χ4n) is 3.58. The van der Waals surface area contributed by atoms with Gasteiger partial charge in [-0.3, -0.25) is 4.79 Å². The van der Waals surface area contributed by atoms with Crippen LogP contribution in [0.5, 0.6) is 0 Å². The number of nitrogens with one attached hydrogen (secondary N) is 1. The Hall–Kier alpha value is -2.30. The highest BCUT2D eigenvalue weighted by atomic mass is 32.2. The maximum atomic E-state index is 12.8. The van der Waals surface area contributed by atoms with E-state index in [-0.39, 0.29) is 16.7 Å². The van der Waals surface area contributed by atoms with Gasteiger partial charge in [0.25, 0.3) is 0 Å². The van der Waals surface area contributed by atoms with E-state index in [0.717, 1.165) is 45.3 Å². The molecule has 1 N–H and O–H groups in total. The minimum atomic E-state index is -3.49. The minimum Gasteiger partial charge on any atom is -0.412 e. The number of sulfonamides is 1. The summed E-state index contributed by atoms with van der Waals surface area (Å²) < 4.78 is 32.5. The smallest absolute Gasteiger partial charge is 0.308 e. The molecule has 170 valence electrons. The molecule has 2 heterocycles. The molecule has 0 bridgehead atoms. The second-order valence-corrected chi connectivity index (χ2v) is 9.48. The van der Waals surface area contributed by atoms with E-state index in [4.69, 9.17) is 4.42 Å². The summed E-state index contributed by atoms with van der Waals surface area (Å²) >= 11 is 0. The summed E-state index contributed by atoms with van der Waals surface area (Å²) in [5.74, 6) is -0.347. The van der Waals surface area contributed by atoms with Gasteiger partial charge in [0.1, 0.15) is 0 Å². The largest absolute Gasteiger partial charge is 0.412 e. The van der Waals surface area contributed by atoms with Gasteiger partial charge in [-0.25, -0.2) is 8.42 Å². The lowest BCUT2D eigenvalue weighted by molar-refractivity contribution is 0.0918. The first-order valence-electron chi connectivity index (χ1n) is 10.9. The van der Waals surface area contributed by atoms with Crippen LogP contribution in [0.3, 0.4) is 0 Å². The molecule has 0 spiro atoms. The highest BCUT2D eigenvalue weighted by Crippen LogP contribution is 2.24. The number of hydrogen-bond acceptors (Lipinski definition) is 7. The second-order valence-electron chi connectivity index (χ2n) is 7.54. The van der Waals surface area contributed by atoms with Gasteiger partial charge in [-0.1, -0.05) is 20.3 Å². The molecule has 1 amide bonds. The molecule has 1 saturated heterocycles. The van der Waals surface area contributed by atoms with Gasteiger partial charge in [0.15, 0.2) is 0 Å². The van der Waals surface area contributed by atoms with E-state index in [1.54, 1.807) is 12.1 Å². The zero-order valence-corrected chi connectivity index (χ0v) is 19.0. The van der Waals surface area contributed by atoms with Crippen molar-refractivity contribution < 1.29 is 17.6 Å². The summed E-state index contributed by atoms with van der Waals surface area (Å²) in [4.78, 5) is 14.8. The van der Waals surface area contributed by atoms with Gasteiger partial charge >= 0.3 is 11.8 Å². The summed E-state index contributed by atoms with van der Waals surface area (Å²) in [5.41, 5.74) is 0.561. The van der Waals surface area contributed by atoms with Crippen LogP contribution in [0.1, 0.15) is 50.2 Å². The molecule has 1 aromatic heterocycles. The van der Waals surface area contributed by atoms with E-state index < -0.39 is 15.9 Å². The topological polar surface area (TPSA) is 109 Å². The van der Waals surface area contributed by atoms with E-state index in [1.807, 2.05) is 0 Å². The van der Waals surface area contributed by atoms with Crippen molar-refractivity contribution in [2.45, 2.75) is 44.4 Å². The summed E-state index contributed by atoms with van der Waals surface area (Å²) in [6.45, 7) is 8.73. The van der Waals surface area contributed by atoms with Gasteiger partial charge in [0.2, 0.25) is 15.9 Å². The third kappa shape index (κ3) is 5.90. The van der Waals surface area contributed by atoms with Crippen molar-refractivity contribution in [2.24, 2.45) is 0 Å². The molecule has 31 heavy (non-hydrogen) atoms. The SMILES string of the molecule is CCN(CC)CCCNC(=O)c1nnc(-c2ccc(S(=O)(=O)N3CCCCC3)cc2)o1. The fraction of sp³-hybridized carbons (Fsp3) is 0.571. The summed E-state index contributed by atoms with van der Waals surface area (Å²) in [7, 11) is -3.49. The number of hydrogen-bond donors (Lipinski definition) is 1. The average Bonchev–Trinajstić information content (AvgIpc) is 3.30. The molecular formula is C21H31N5O4S. The van der Waals surface area contributed by atoms with Crippen LogP contribution in [0.4, 0.5) is 0 Å². The van der Waals surface area contributed by atoms with Gasteiger partial charge in [0, 0.05) is 25.2 Å². The van der Waals surface area contributed by atoms with E-state index >= 15 is 0 Å². The lowest BCUT2D eigenvalue weighted by Crippen LogP contribution is -2.35. The van der Waals surface area contributed by atoms with Crippen LogP contribution in [0.25, 0.3) is 11.5 Å². The predicted molar refractivity (Wildman–Crippen MR) is 117 cm³/mol. The van der Waals surface area contributed by atoms with Gasteiger partial charge in [0.05, 0.1) is 4.90 Å². The van der Waals surface area contributed by atoms with Crippen molar-refractivity contribution in [1.29, 1.82) is 0 Å². The Bertz CT molecular complexity index is 948. The molecule has 1 aliphatic heterocycles. The first-order chi connectivity index (χ1) is 15.0. The molecule has 1 fully saturated rings. The third-order valence-corrected chi connectivity index (χ3v) is 7.42. The van der Waals surface area contributed by atoms with Gasteiger partial charge in [-0.05, 0) is 63.2 Å². The van der Waals surface area contributed by atoms with Crippen molar-refractivity contribution in [1.82, 2.24) is 24.7 Å². The van der Waals surface area contributed by atoms with Crippen molar-refractivity contribution in [3.63, 3.8) is 0 Å². The Balaban J connectivity index is 1.58. The Labute approximate surface area is 183 Å². The number of aromatic nitrogens is 2. The Morgan fingerprint density at radius 1 is 1.10 bits per heavy atom. The van der Waals surface area contributed by atoms with E-state index in [2.05, 4.69) is 34.3 Å². The van der Waals surface area contributed by atoms with Crippen molar-refractivity contribution in [2.75, 3.05) is 39.3 Å². The lowest BCUT2D eigenvalue weighted by Gasteiger charge is -2.25. The Kier molecular flexibility index (Phi) is 8.16. The van der Waals surface area contributed by atoms with Crippen LogP contribution < -0.4 is 5.32 Å². The van der Waals surface area contributed by atoms with Gasteiger partial charge in [-0.15, -0.1) is 10.2 Å². The van der Waals surface area contributed by atoms with Crippen molar-refractivity contribution >= 4 is 15.9 Å². The van der Waals surface area contributed by atoms with Crippen LogP contribution in [0, 0.1) is 0 Å². The van der Waals surface area contributed by atoms with Crippen LogP contribution in [-0.4, -0.2) is 73.0 Å². The molecule has 0 aliphatic carbocycles. The molecule has 1 aliphatic rings. The van der Waals surface area contributed by atoms with Crippen LogP contribution in [0.15, 0.2) is 33.6 Å². The van der Waals surface area contributed by atoms with Crippen LogP contribution in [0.2, 0.25) is 0 Å². The van der Waals surface area contributed by atoms with E-state index in [9.17, 15) is 13.2 Å². The Morgan fingerprint density at radius 3 is 2.42 bits per heavy atom. The molecule has 0 atom stereocenters. The number of piperidine rings is 1. The van der Waals surface area contributed by atoms with E-state index in [1.165, 1.54) is 16.4 Å².